The van der Waals surface area contributed by atoms with Crippen molar-refractivity contribution in [3.63, 3.8) is 0 Å². The molecule has 5 nitrogen and oxygen atoms in total. The van der Waals surface area contributed by atoms with E-state index in [1.807, 2.05) is 6.07 Å². The van der Waals surface area contributed by atoms with Gasteiger partial charge in [0, 0.05) is 31.2 Å². The first-order chi connectivity index (χ1) is 11.1. The molecule has 3 N–H and O–H groups in total. The van der Waals surface area contributed by atoms with Crippen LogP contribution in [0.1, 0.15) is 30.4 Å². The summed E-state index contributed by atoms with van der Waals surface area (Å²) in [6.07, 6.45) is 3.60. The van der Waals surface area contributed by atoms with E-state index >= 15 is 0 Å². The summed E-state index contributed by atoms with van der Waals surface area (Å²) in [4.78, 5) is 14.3. The third-order valence-electron chi connectivity index (χ3n) is 5.34. The molecule has 1 aliphatic carbocycles. The van der Waals surface area contributed by atoms with E-state index in [1.165, 1.54) is 0 Å². The van der Waals surface area contributed by atoms with E-state index < -0.39 is 11.9 Å². The van der Waals surface area contributed by atoms with Gasteiger partial charge < -0.3 is 15.8 Å². The second-order valence-electron chi connectivity index (χ2n) is 6.84. The Kier molecular flexibility index (Phi) is 3.73. The predicted molar refractivity (Wildman–Crippen MR) is 83.9 cm³/mol. The summed E-state index contributed by atoms with van der Waals surface area (Å²) in [5.74, 6) is -0.354. The number of nitrogens with two attached hydrogens (primary N) is 1. The molecule has 0 aromatic heterocycles. The van der Waals surface area contributed by atoms with Gasteiger partial charge in [-0.25, -0.2) is 9.18 Å². The fourth-order valence-electron chi connectivity index (χ4n) is 4.12. The number of halogens is 1. The summed E-state index contributed by atoms with van der Waals surface area (Å²) >= 11 is 0. The Morgan fingerprint density at radius 1 is 1.26 bits per heavy atom. The first-order valence-corrected chi connectivity index (χ1v) is 8.40. The second kappa shape index (κ2) is 5.76. The van der Waals surface area contributed by atoms with Crippen LogP contribution in [-0.4, -0.2) is 42.2 Å². The Labute approximate surface area is 135 Å². The number of amides is 1. The molecule has 1 amide bonds. The standard InChI is InChI=1S/C17H22FN3O2/c18-16-14-5-2-11(19)7-10(14)1-6-15(16)23-17(22)21-12-3-4-13(21)9-20-8-12/h1,6,11-13,20H,2-5,7-9,19H2. The molecule has 2 saturated heterocycles. The molecule has 1 aromatic carbocycles. The fourth-order valence-corrected chi connectivity index (χ4v) is 4.12. The number of nitrogens with one attached hydrogen (secondary N) is 1. The van der Waals surface area contributed by atoms with E-state index in [2.05, 4.69) is 5.32 Å². The van der Waals surface area contributed by atoms with E-state index in [4.69, 9.17) is 10.5 Å². The number of nitrogens with zero attached hydrogens (tertiary/aromatic N) is 1. The number of ether oxygens (including phenoxy) is 1. The lowest BCUT2D eigenvalue weighted by molar-refractivity contribution is 0.113. The lowest BCUT2D eigenvalue weighted by Crippen LogP contribution is -2.55. The van der Waals surface area contributed by atoms with Crippen LogP contribution in [0.4, 0.5) is 9.18 Å². The first-order valence-electron chi connectivity index (χ1n) is 8.40. The van der Waals surface area contributed by atoms with E-state index in [-0.39, 0.29) is 23.9 Å². The van der Waals surface area contributed by atoms with Crippen molar-refractivity contribution in [1.29, 1.82) is 0 Å². The van der Waals surface area contributed by atoms with Crippen LogP contribution in [0, 0.1) is 5.82 Å². The lowest BCUT2D eigenvalue weighted by Gasteiger charge is -2.34. The first kappa shape index (κ1) is 14.9. The molecule has 4 rings (SSSR count). The number of carbonyl (C=O) groups is 1. The second-order valence-corrected chi connectivity index (χ2v) is 6.84. The van der Waals surface area contributed by atoms with Crippen molar-refractivity contribution in [3.05, 3.63) is 29.1 Å². The van der Waals surface area contributed by atoms with Crippen molar-refractivity contribution < 1.29 is 13.9 Å². The normalized spacial score (nSPS) is 29.3. The van der Waals surface area contributed by atoms with Gasteiger partial charge in [-0.3, -0.25) is 4.90 Å². The largest absolute Gasteiger partial charge is 0.415 e. The van der Waals surface area contributed by atoms with E-state index in [0.717, 1.165) is 37.9 Å². The van der Waals surface area contributed by atoms with Crippen LogP contribution in [0.3, 0.4) is 0 Å². The SMILES string of the molecule is NC1CCc2c(ccc(OC(=O)N3C4CCC3CNC4)c2F)C1. The van der Waals surface area contributed by atoms with Crippen LogP contribution >= 0.6 is 0 Å². The Bertz CT molecular complexity index is 621. The minimum absolute atomic E-state index is 0.0437. The van der Waals surface area contributed by atoms with Crippen LogP contribution in [0.15, 0.2) is 12.1 Å². The maximum absolute atomic E-state index is 14.7. The van der Waals surface area contributed by atoms with Crippen molar-refractivity contribution in [1.82, 2.24) is 10.2 Å². The molecule has 2 heterocycles. The molecule has 1 aromatic rings. The molecule has 0 saturated carbocycles. The molecular formula is C17H22FN3O2. The van der Waals surface area contributed by atoms with Crippen LogP contribution in [0.5, 0.6) is 5.75 Å². The summed E-state index contributed by atoms with van der Waals surface area (Å²) in [5, 5.41) is 3.32. The molecule has 2 aliphatic heterocycles. The molecule has 3 aliphatic rings. The Morgan fingerprint density at radius 2 is 2.00 bits per heavy atom. The Hall–Kier alpha value is -1.66. The van der Waals surface area contributed by atoms with Gasteiger partial charge in [0.05, 0.1) is 0 Å². The van der Waals surface area contributed by atoms with Crippen LogP contribution < -0.4 is 15.8 Å². The highest BCUT2D eigenvalue weighted by molar-refractivity contribution is 5.72. The highest BCUT2D eigenvalue weighted by atomic mass is 19.1. The maximum Gasteiger partial charge on any atom is 0.415 e. The van der Waals surface area contributed by atoms with Crippen molar-refractivity contribution in [2.24, 2.45) is 5.73 Å². The molecular weight excluding hydrogens is 297 g/mol. The quantitative estimate of drug-likeness (QED) is 0.825. The smallest absolute Gasteiger partial charge is 0.407 e. The molecule has 2 fully saturated rings. The summed E-state index contributed by atoms with van der Waals surface area (Å²) in [6.45, 7) is 1.58. The minimum atomic E-state index is -0.426. The van der Waals surface area contributed by atoms with Crippen molar-refractivity contribution in [3.8, 4) is 5.75 Å². The molecule has 3 atom stereocenters. The van der Waals surface area contributed by atoms with Crippen LogP contribution in [-0.2, 0) is 12.8 Å². The lowest BCUT2D eigenvalue weighted by atomic mass is 9.88. The average Bonchev–Trinajstić information content (AvgIpc) is 2.79. The number of fused-ring (bicyclic) bond motifs is 3. The number of hydrogen-bond acceptors (Lipinski definition) is 4. The van der Waals surface area contributed by atoms with Gasteiger partial charge in [-0.05, 0) is 49.3 Å². The van der Waals surface area contributed by atoms with Gasteiger partial charge in [-0.2, -0.15) is 0 Å². The van der Waals surface area contributed by atoms with Crippen LogP contribution in [0.25, 0.3) is 0 Å². The van der Waals surface area contributed by atoms with Gasteiger partial charge in [-0.15, -0.1) is 0 Å². The summed E-state index contributed by atoms with van der Waals surface area (Å²) in [6, 6.07) is 3.83. The highest BCUT2D eigenvalue weighted by Gasteiger charge is 2.41. The molecule has 3 unspecified atom stereocenters. The van der Waals surface area contributed by atoms with E-state index in [9.17, 15) is 9.18 Å². The predicted octanol–water partition coefficient (Wildman–Crippen LogP) is 1.58. The van der Waals surface area contributed by atoms with Crippen molar-refractivity contribution in [2.45, 2.75) is 50.2 Å². The molecule has 0 spiro atoms. The average molecular weight is 319 g/mol. The monoisotopic (exact) mass is 319 g/mol. The topological polar surface area (TPSA) is 67.6 Å². The number of benzene rings is 1. The third-order valence-corrected chi connectivity index (χ3v) is 5.34. The van der Waals surface area contributed by atoms with Gasteiger partial charge in [0.2, 0.25) is 0 Å². The number of carbonyl (C=O) groups excluding carboxylic acids is 1. The molecule has 124 valence electrons. The number of hydrogen-bond donors (Lipinski definition) is 2. The molecule has 0 radical (unpaired) electrons. The Balaban J connectivity index is 1.54. The third kappa shape index (κ3) is 2.60. The zero-order valence-electron chi connectivity index (χ0n) is 13.1. The summed E-state index contributed by atoms with van der Waals surface area (Å²) in [7, 11) is 0. The number of piperazine rings is 1. The Morgan fingerprint density at radius 3 is 2.74 bits per heavy atom. The van der Waals surface area contributed by atoms with Gasteiger partial charge in [-0.1, -0.05) is 6.07 Å². The van der Waals surface area contributed by atoms with E-state index in [0.29, 0.717) is 18.4 Å². The summed E-state index contributed by atoms with van der Waals surface area (Å²) in [5.41, 5.74) is 7.52. The zero-order valence-corrected chi connectivity index (χ0v) is 13.1. The van der Waals surface area contributed by atoms with Crippen molar-refractivity contribution >= 4 is 6.09 Å². The fraction of sp³-hybridized carbons (Fsp3) is 0.588. The molecule has 23 heavy (non-hydrogen) atoms. The van der Waals surface area contributed by atoms with Crippen LogP contribution in [0.2, 0.25) is 0 Å². The molecule has 6 heteroatoms. The van der Waals surface area contributed by atoms with Crippen molar-refractivity contribution in [2.75, 3.05) is 13.1 Å². The van der Waals surface area contributed by atoms with Gasteiger partial charge in [0.25, 0.3) is 0 Å². The van der Waals surface area contributed by atoms with Gasteiger partial charge >= 0.3 is 6.09 Å². The zero-order chi connectivity index (χ0) is 16.0. The summed E-state index contributed by atoms with van der Waals surface area (Å²) < 4.78 is 20.1. The molecule has 2 bridgehead atoms. The van der Waals surface area contributed by atoms with Gasteiger partial charge in [0.1, 0.15) is 0 Å². The highest BCUT2D eigenvalue weighted by Crippen LogP contribution is 2.32. The van der Waals surface area contributed by atoms with E-state index in [1.54, 1.807) is 11.0 Å². The maximum atomic E-state index is 14.7. The number of rotatable bonds is 1. The van der Waals surface area contributed by atoms with Gasteiger partial charge in [0.15, 0.2) is 11.6 Å². The minimum Gasteiger partial charge on any atom is -0.407 e.